The highest BCUT2D eigenvalue weighted by molar-refractivity contribution is 5.96. The Morgan fingerprint density at radius 3 is 2.94 bits per heavy atom. The van der Waals surface area contributed by atoms with Crippen LogP contribution in [0.4, 0.5) is 5.82 Å². The average molecular weight is 445 g/mol. The fraction of sp³-hybridized carbons (Fsp3) is 0.261. The SMILES string of the molecule is C=C(C#N)C(=O)N1CCO[C@@H](COc2ncnc(N)c2-c2cnn(Cc3ccccc3)c2)C1. The molecule has 1 aromatic carbocycles. The van der Waals surface area contributed by atoms with Crippen LogP contribution in [0.5, 0.6) is 5.88 Å². The minimum atomic E-state index is -0.399. The summed E-state index contributed by atoms with van der Waals surface area (Å²) in [5.41, 5.74) is 8.43. The summed E-state index contributed by atoms with van der Waals surface area (Å²) in [6.45, 7) is 5.25. The largest absolute Gasteiger partial charge is 0.474 e. The van der Waals surface area contributed by atoms with Crippen LogP contribution in [0.15, 0.2) is 61.2 Å². The number of rotatable bonds is 7. The number of hydrogen-bond donors (Lipinski definition) is 1. The van der Waals surface area contributed by atoms with Gasteiger partial charge in [-0.25, -0.2) is 9.97 Å². The molecule has 0 aliphatic carbocycles. The highest BCUT2D eigenvalue weighted by Crippen LogP contribution is 2.32. The first-order valence-electron chi connectivity index (χ1n) is 10.3. The quantitative estimate of drug-likeness (QED) is 0.429. The summed E-state index contributed by atoms with van der Waals surface area (Å²) >= 11 is 0. The van der Waals surface area contributed by atoms with E-state index in [4.69, 9.17) is 20.5 Å². The Kier molecular flexibility index (Phi) is 6.61. The molecule has 2 N–H and O–H groups in total. The van der Waals surface area contributed by atoms with Gasteiger partial charge in [0.25, 0.3) is 5.91 Å². The number of carbonyl (C=O) groups excluding carboxylic acids is 1. The van der Waals surface area contributed by atoms with Crippen molar-refractivity contribution in [2.75, 3.05) is 32.0 Å². The van der Waals surface area contributed by atoms with Gasteiger partial charge in [0.1, 0.15) is 36.5 Å². The molecule has 168 valence electrons. The van der Waals surface area contributed by atoms with Crippen LogP contribution in [-0.4, -0.2) is 63.0 Å². The number of ether oxygens (including phenoxy) is 2. The number of aromatic nitrogens is 4. The van der Waals surface area contributed by atoms with Crippen molar-refractivity contribution in [1.82, 2.24) is 24.6 Å². The molecule has 0 saturated carbocycles. The van der Waals surface area contributed by atoms with Crippen LogP contribution >= 0.6 is 0 Å². The summed E-state index contributed by atoms with van der Waals surface area (Å²) in [5, 5.41) is 13.3. The maximum atomic E-state index is 12.2. The number of nitrogen functional groups attached to an aromatic ring is 1. The third kappa shape index (κ3) is 5.16. The van der Waals surface area contributed by atoms with Gasteiger partial charge in [0.2, 0.25) is 5.88 Å². The van der Waals surface area contributed by atoms with E-state index in [1.54, 1.807) is 16.9 Å². The highest BCUT2D eigenvalue weighted by atomic mass is 16.5. The van der Waals surface area contributed by atoms with Crippen molar-refractivity contribution in [1.29, 1.82) is 5.26 Å². The van der Waals surface area contributed by atoms with Gasteiger partial charge in [0, 0.05) is 18.3 Å². The Labute approximate surface area is 190 Å². The summed E-state index contributed by atoms with van der Waals surface area (Å²) in [5.74, 6) is 0.171. The van der Waals surface area contributed by atoms with E-state index in [1.807, 2.05) is 36.5 Å². The number of amides is 1. The van der Waals surface area contributed by atoms with E-state index in [-0.39, 0.29) is 30.6 Å². The predicted octanol–water partition coefficient (Wildman–Crippen LogP) is 1.66. The molecule has 3 aromatic rings. The topological polar surface area (TPSA) is 132 Å². The van der Waals surface area contributed by atoms with Crippen LogP contribution in [0.1, 0.15) is 5.56 Å². The van der Waals surface area contributed by atoms with Gasteiger partial charge in [-0.05, 0) is 5.56 Å². The third-order valence-corrected chi connectivity index (χ3v) is 5.18. The number of nitrogens with zero attached hydrogens (tertiary/aromatic N) is 6. The van der Waals surface area contributed by atoms with E-state index in [9.17, 15) is 4.79 Å². The minimum Gasteiger partial charge on any atom is -0.474 e. The lowest BCUT2D eigenvalue weighted by molar-refractivity contribution is -0.135. The minimum absolute atomic E-state index is 0.102. The van der Waals surface area contributed by atoms with Gasteiger partial charge in [-0.1, -0.05) is 36.9 Å². The Balaban J connectivity index is 1.46. The normalized spacial score (nSPS) is 15.6. The van der Waals surface area contributed by atoms with Crippen LogP contribution in [0.3, 0.4) is 0 Å². The molecule has 1 fully saturated rings. The van der Waals surface area contributed by atoms with E-state index in [2.05, 4.69) is 21.6 Å². The number of morpholine rings is 1. The van der Waals surface area contributed by atoms with Gasteiger partial charge in [-0.2, -0.15) is 10.4 Å². The Morgan fingerprint density at radius 2 is 2.15 bits per heavy atom. The molecule has 1 saturated heterocycles. The smallest absolute Gasteiger partial charge is 0.264 e. The lowest BCUT2D eigenvalue weighted by Crippen LogP contribution is -2.48. The second-order valence-corrected chi connectivity index (χ2v) is 7.50. The fourth-order valence-corrected chi connectivity index (χ4v) is 3.53. The van der Waals surface area contributed by atoms with Crippen molar-refractivity contribution in [3.05, 3.63) is 66.8 Å². The van der Waals surface area contributed by atoms with Gasteiger partial charge in [-0.3, -0.25) is 9.48 Å². The van der Waals surface area contributed by atoms with Gasteiger partial charge >= 0.3 is 0 Å². The molecule has 0 unspecified atom stereocenters. The van der Waals surface area contributed by atoms with E-state index in [0.717, 1.165) is 11.1 Å². The highest BCUT2D eigenvalue weighted by Gasteiger charge is 2.27. The Hall–Kier alpha value is -4.23. The zero-order valence-electron chi connectivity index (χ0n) is 17.9. The standard InChI is InChI=1S/C23H23N7O3/c1-16(9-24)23(31)29-7-8-32-19(13-29)14-33-22-20(21(25)26-15-27-22)18-10-28-30(12-18)11-17-5-3-2-4-6-17/h2-6,10,12,15,19H,1,7-8,11,13-14H2,(H2,25,26,27)/t19-/m1/s1. The van der Waals surface area contributed by atoms with Crippen molar-refractivity contribution >= 4 is 11.7 Å². The van der Waals surface area contributed by atoms with Gasteiger partial charge in [0.15, 0.2) is 0 Å². The van der Waals surface area contributed by atoms with Crippen molar-refractivity contribution in [3.63, 3.8) is 0 Å². The third-order valence-electron chi connectivity index (χ3n) is 5.18. The molecule has 0 bridgehead atoms. The van der Waals surface area contributed by atoms with Crippen LogP contribution in [0, 0.1) is 11.3 Å². The molecule has 1 aliphatic heterocycles. The van der Waals surface area contributed by atoms with Gasteiger partial charge < -0.3 is 20.1 Å². The molecule has 3 heterocycles. The number of hydrogen-bond acceptors (Lipinski definition) is 8. The second-order valence-electron chi connectivity index (χ2n) is 7.50. The molecule has 1 atom stereocenters. The van der Waals surface area contributed by atoms with Crippen molar-refractivity contribution < 1.29 is 14.3 Å². The first-order chi connectivity index (χ1) is 16.0. The number of anilines is 1. The molecule has 2 aromatic heterocycles. The Bertz CT molecular complexity index is 1190. The van der Waals surface area contributed by atoms with Gasteiger partial charge in [0.05, 0.1) is 31.5 Å². The first kappa shape index (κ1) is 22.0. The molecule has 33 heavy (non-hydrogen) atoms. The molecule has 10 nitrogen and oxygen atoms in total. The van der Waals surface area contributed by atoms with Crippen molar-refractivity contribution in [2.24, 2.45) is 0 Å². The lowest BCUT2D eigenvalue weighted by Gasteiger charge is -2.32. The monoisotopic (exact) mass is 445 g/mol. The van der Waals surface area contributed by atoms with Crippen LogP contribution in [-0.2, 0) is 16.1 Å². The molecular formula is C23H23N7O3. The predicted molar refractivity (Wildman–Crippen MR) is 120 cm³/mol. The molecule has 10 heteroatoms. The second kappa shape index (κ2) is 9.93. The number of nitrogens with two attached hydrogens (primary N) is 1. The van der Waals surface area contributed by atoms with E-state index >= 15 is 0 Å². The molecule has 1 aliphatic rings. The van der Waals surface area contributed by atoms with Crippen LogP contribution in [0.25, 0.3) is 11.1 Å². The van der Waals surface area contributed by atoms with E-state index in [0.29, 0.717) is 31.1 Å². The maximum absolute atomic E-state index is 12.2. The van der Waals surface area contributed by atoms with Gasteiger partial charge in [-0.15, -0.1) is 0 Å². The lowest BCUT2D eigenvalue weighted by atomic mass is 10.1. The van der Waals surface area contributed by atoms with Crippen molar-refractivity contribution in [3.8, 4) is 23.1 Å². The summed E-state index contributed by atoms with van der Waals surface area (Å²) in [4.78, 5) is 22.1. The van der Waals surface area contributed by atoms with Crippen molar-refractivity contribution in [2.45, 2.75) is 12.6 Å². The summed E-state index contributed by atoms with van der Waals surface area (Å²) in [7, 11) is 0. The summed E-state index contributed by atoms with van der Waals surface area (Å²) < 4.78 is 13.5. The fourth-order valence-electron chi connectivity index (χ4n) is 3.53. The number of carbonyl (C=O) groups is 1. The van der Waals surface area contributed by atoms with E-state index in [1.165, 1.54) is 11.2 Å². The average Bonchev–Trinajstić information content (AvgIpc) is 3.30. The Morgan fingerprint density at radius 1 is 1.33 bits per heavy atom. The molecular weight excluding hydrogens is 422 g/mol. The number of benzene rings is 1. The molecule has 0 spiro atoms. The zero-order chi connectivity index (χ0) is 23.2. The summed E-state index contributed by atoms with van der Waals surface area (Å²) in [6.07, 6.45) is 4.49. The molecule has 1 amide bonds. The molecule has 4 rings (SSSR count). The molecule has 0 radical (unpaired) electrons. The van der Waals surface area contributed by atoms with Crippen LogP contribution in [0.2, 0.25) is 0 Å². The van der Waals surface area contributed by atoms with E-state index < -0.39 is 5.91 Å². The zero-order valence-corrected chi connectivity index (χ0v) is 17.9. The first-order valence-corrected chi connectivity index (χ1v) is 10.3. The summed E-state index contributed by atoms with van der Waals surface area (Å²) in [6, 6.07) is 11.8. The maximum Gasteiger partial charge on any atom is 0.264 e. The van der Waals surface area contributed by atoms with Crippen LogP contribution < -0.4 is 10.5 Å². The number of nitriles is 1.